The monoisotopic (exact) mass is 344 g/mol. The van der Waals surface area contributed by atoms with Crippen LogP contribution in [0.5, 0.6) is 0 Å². The fraction of sp³-hybridized carbons (Fsp3) is 0.500. The third-order valence-corrected chi connectivity index (χ3v) is 4.63. The topological polar surface area (TPSA) is 23.6 Å². The molecule has 2 unspecified atom stereocenters. The maximum atomic E-state index is 12.6. The van der Waals surface area contributed by atoms with Crippen LogP contribution in [0.4, 0.5) is 0 Å². The van der Waals surface area contributed by atoms with Crippen LogP contribution in [-0.2, 0) is 0 Å². The first-order valence-electron chi connectivity index (χ1n) is 6.36. The van der Waals surface area contributed by atoms with Gasteiger partial charge in [0.1, 0.15) is 0 Å². The Balaban J connectivity index is 2.22. The molecule has 3 nitrogen and oxygen atoms in total. The van der Waals surface area contributed by atoms with Crippen LogP contribution in [0, 0.1) is 0 Å². The number of halogens is 2. The van der Waals surface area contributed by atoms with E-state index in [2.05, 4.69) is 41.7 Å². The van der Waals surface area contributed by atoms with Gasteiger partial charge in [0.2, 0.25) is 0 Å². The maximum absolute atomic E-state index is 12.6. The van der Waals surface area contributed by atoms with Gasteiger partial charge in [-0.2, -0.15) is 0 Å². The molecule has 0 bridgehead atoms. The Morgan fingerprint density at radius 1 is 1.32 bits per heavy atom. The van der Waals surface area contributed by atoms with E-state index in [9.17, 15) is 4.79 Å². The molecule has 1 heterocycles. The second kappa shape index (κ2) is 5.81. The average Bonchev–Trinajstić information content (AvgIpc) is 2.37. The van der Waals surface area contributed by atoms with Gasteiger partial charge in [-0.05, 0) is 39.1 Å². The third kappa shape index (κ3) is 3.12. The van der Waals surface area contributed by atoms with Gasteiger partial charge in [0.05, 0.1) is 10.6 Å². The summed E-state index contributed by atoms with van der Waals surface area (Å²) in [7, 11) is 2.10. The van der Waals surface area contributed by atoms with Gasteiger partial charge in [-0.25, -0.2) is 0 Å². The number of likely N-dealkylation sites (N-methyl/N-ethyl adjacent to an activating group) is 1. The highest BCUT2D eigenvalue weighted by Gasteiger charge is 2.30. The van der Waals surface area contributed by atoms with Crippen LogP contribution in [0.1, 0.15) is 24.2 Å². The van der Waals surface area contributed by atoms with Gasteiger partial charge in [0.25, 0.3) is 5.91 Å². The van der Waals surface area contributed by atoms with Gasteiger partial charge >= 0.3 is 0 Å². The van der Waals surface area contributed by atoms with E-state index in [1.165, 1.54) is 0 Å². The quantitative estimate of drug-likeness (QED) is 0.780. The predicted molar refractivity (Wildman–Crippen MR) is 81.7 cm³/mol. The van der Waals surface area contributed by atoms with Crippen molar-refractivity contribution in [3.8, 4) is 0 Å². The minimum absolute atomic E-state index is 0.0121. The van der Waals surface area contributed by atoms with Gasteiger partial charge in [-0.3, -0.25) is 9.69 Å². The molecule has 2 rings (SSSR count). The highest BCUT2D eigenvalue weighted by Crippen LogP contribution is 2.24. The largest absolute Gasteiger partial charge is 0.335 e. The highest BCUT2D eigenvalue weighted by atomic mass is 79.9. The molecular formula is C14H18BrClN2O. The standard InChI is InChI=1S/C14H18BrClN2O/c1-9-7-18(8-10(2)17(9)3)14(19)12-6-11(15)4-5-13(12)16/h4-6,9-10H,7-8H2,1-3H3. The molecule has 1 aliphatic rings. The summed E-state index contributed by atoms with van der Waals surface area (Å²) in [5, 5.41) is 0.507. The molecule has 1 aliphatic heterocycles. The second-order valence-corrected chi connectivity index (χ2v) is 6.52. The number of amides is 1. The van der Waals surface area contributed by atoms with Gasteiger partial charge in [0, 0.05) is 29.6 Å². The summed E-state index contributed by atoms with van der Waals surface area (Å²) >= 11 is 9.52. The summed E-state index contributed by atoms with van der Waals surface area (Å²) in [6.45, 7) is 5.75. The number of carbonyl (C=O) groups excluding carboxylic acids is 1. The van der Waals surface area contributed by atoms with Crippen molar-refractivity contribution in [1.29, 1.82) is 0 Å². The van der Waals surface area contributed by atoms with Crippen molar-refractivity contribution in [3.05, 3.63) is 33.3 Å². The molecular weight excluding hydrogens is 328 g/mol. The molecule has 5 heteroatoms. The molecule has 1 amide bonds. The van der Waals surface area contributed by atoms with E-state index in [0.29, 0.717) is 22.7 Å². The maximum Gasteiger partial charge on any atom is 0.255 e. The van der Waals surface area contributed by atoms with Crippen LogP contribution in [0.15, 0.2) is 22.7 Å². The van der Waals surface area contributed by atoms with Crippen molar-refractivity contribution in [2.24, 2.45) is 0 Å². The van der Waals surface area contributed by atoms with Crippen LogP contribution < -0.4 is 0 Å². The SMILES string of the molecule is CC1CN(C(=O)c2cc(Br)ccc2Cl)CC(C)N1C. The van der Waals surface area contributed by atoms with Crippen LogP contribution in [0.25, 0.3) is 0 Å². The third-order valence-electron chi connectivity index (χ3n) is 3.81. The number of rotatable bonds is 1. The summed E-state index contributed by atoms with van der Waals surface area (Å²) in [4.78, 5) is 16.8. The van der Waals surface area contributed by atoms with E-state index < -0.39 is 0 Å². The molecule has 1 aromatic carbocycles. The summed E-state index contributed by atoms with van der Waals surface area (Å²) < 4.78 is 0.871. The molecule has 0 spiro atoms. The van der Waals surface area contributed by atoms with Gasteiger partial charge < -0.3 is 4.90 Å². The van der Waals surface area contributed by atoms with Crippen molar-refractivity contribution in [2.75, 3.05) is 20.1 Å². The molecule has 1 saturated heterocycles. The summed E-state index contributed by atoms with van der Waals surface area (Å²) in [6.07, 6.45) is 0. The summed E-state index contributed by atoms with van der Waals surface area (Å²) in [5.41, 5.74) is 0.569. The first kappa shape index (κ1) is 14.8. The van der Waals surface area contributed by atoms with Gasteiger partial charge in [-0.15, -0.1) is 0 Å². The van der Waals surface area contributed by atoms with Gasteiger partial charge in [-0.1, -0.05) is 27.5 Å². The Labute approximate surface area is 127 Å². The summed E-state index contributed by atoms with van der Waals surface area (Å²) in [5.74, 6) is 0.0121. The zero-order valence-electron chi connectivity index (χ0n) is 11.4. The van der Waals surface area contributed by atoms with Crippen molar-refractivity contribution < 1.29 is 4.79 Å². The molecule has 0 N–H and O–H groups in total. The van der Waals surface area contributed by atoms with Crippen molar-refractivity contribution >= 4 is 33.4 Å². The van der Waals surface area contributed by atoms with Crippen LogP contribution in [-0.4, -0.2) is 47.9 Å². The fourth-order valence-electron chi connectivity index (χ4n) is 2.40. The Hall–Kier alpha value is -0.580. The Morgan fingerprint density at radius 3 is 2.47 bits per heavy atom. The van der Waals surface area contributed by atoms with Crippen molar-refractivity contribution in [2.45, 2.75) is 25.9 Å². The zero-order chi connectivity index (χ0) is 14.2. The first-order valence-corrected chi connectivity index (χ1v) is 7.53. The van der Waals surface area contributed by atoms with Crippen LogP contribution in [0.3, 0.4) is 0 Å². The molecule has 104 valence electrons. The van der Waals surface area contributed by atoms with Gasteiger partial charge in [0.15, 0.2) is 0 Å². The summed E-state index contributed by atoms with van der Waals surface area (Å²) in [6, 6.07) is 6.10. The van der Waals surface area contributed by atoms with E-state index in [0.717, 1.165) is 17.6 Å². The molecule has 0 aliphatic carbocycles. The molecule has 0 aromatic heterocycles. The lowest BCUT2D eigenvalue weighted by atomic mass is 10.1. The Bertz CT molecular complexity index is 482. The molecule has 0 saturated carbocycles. The molecule has 1 aromatic rings. The number of hydrogen-bond acceptors (Lipinski definition) is 2. The van der Waals surface area contributed by atoms with E-state index in [-0.39, 0.29) is 5.91 Å². The first-order chi connectivity index (χ1) is 8.90. The van der Waals surface area contributed by atoms with E-state index in [1.54, 1.807) is 12.1 Å². The fourth-order valence-corrected chi connectivity index (χ4v) is 2.96. The average molecular weight is 346 g/mol. The predicted octanol–water partition coefficient (Wildman–Crippen LogP) is 3.27. The second-order valence-electron chi connectivity index (χ2n) is 5.20. The lowest BCUT2D eigenvalue weighted by Gasteiger charge is -2.42. The smallest absolute Gasteiger partial charge is 0.255 e. The number of nitrogens with zero attached hydrogens (tertiary/aromatic N) is 2. The number of benzene rings is 1. The van der Waals surface area contributed by atoms with Crippen LogP contribution in [0.2, 0.25) is 5.02 Å². The van der Waals surface area contributed by atoms with E-state index >= 15 is 0 Å². The minimum atomic E-state index is 0.0121. The van der Waals surface area contributed by atoms with Crippen molar-refractivity contribution in [3.63, 3.8) is 0 Å². The van der Waals surface area contributed by atoms with Crippen LogP contribution >= 0.6 is 27.5 Å². The lowest BCUT2D eigenvalue weighted by Crippen LogP contribution is -2.56. The minimum Gasteiger partial charge on any atom is -0.335 e. The molecule has 19 heavy (non-hydrogen) atoms. The normalized spacial score (nSPS) is 24.6. The molecule has 2 atom stereocenters. The zero-order valence-corrected chi connectivity index (χ0v) is 13.7. The van der Waals surface area contributed by atoms with E-state index in [4.69, 9.17) is 11.6 Å². The van der Waals surface area contributed by atoms with E-state index in [1.807, 2.05) is 11.0 Å². The number of piperazine rings is 1. The number of hydrogen-bond donors (Lipinski definition) is 0. The Kier molecular flexibility index (Phi) is 4.54. The Morgan fingerprint density at radius 2 is 1.89 bits per heavy atom. The lowest BCUT2D eigenvalue weighted by molar-refractivity contribution is 0.0414. The van der Waals surface area contributed by atoms with Crippen molar-refractivity contribution in [1.82, 2.24) is 9.80 Å². The molecule has 1 fully saturated rings. The molecule has 0 radical (unpaired) electrons. The number of carbonyl (C=O) groups is 1. The highest BCUT2D eigenvalue weighted by molar-refractivity contribution is 9.10.